The van der Waals surface area contributed by atoms with Crippen molar-refractivity contribution in [2.24, 2.45) is 11.3 Å². The minimum absolute atomic E-state index is 0.0681. The van der Waals surface area contributed by atoms with Crippen molar-refractivity contribution >= 4 is 21.7 Å². The van der Waals surface area contributed by atoms with Crippen LogP contribution in [-0.4, -0.2) is 54.5 Å². The minimum atomic E-state index is -3.60. The van der Waals surface area contributed by atoms with Crippen molar-refractivity contribution in [2.45, 2.75) is 69.2 Å². The average molecular weight is 530 g/mol. The van der Waals surface area contributed by atoms with Gasteiger partial charge in [-0.2, -0.15) is 4.31 Å². The molecular weight excluding hydrogens is 494 g/mol. The molecule has 2 saturated heterocycles. The molecule has 1 aromatic heterocycles. The van der Waals surface area contributed by atoms with Crippen LogP contribution in [0.1, 0.15) is 73.9 Å². The summed E-state index contributed by atoms with van der Waals surface area (Å²) in [7, 11) is -3.60. The first-order valence-corrected chi connectivity index (χ1v) is 14.8. The van der Waals surface area contributed by atoms with Gasteiger partial charge in [0.1, 0.15) is 10.7 Å². The van der Waals surface area contributed by atoms with E-state index in [9.17, 15) is 23.3 Å². The zero-order valence-corrected chi connectivity index (χ0v) is 22.0. The number of carbonyl (C=O) groups excluding carboxylic acids is 1. The van der Waals surface area contributed by atoms with E-state index in [1.165, 1.54) is 12.5 Å². The van der Waals surface area contributed by atoms with E-state index in [2.05, 4.69) is 4.90 Å². The molecule has 5 rings (SSSR count). The summed E-state index contributed by atoms with van der Waals surface area (Å²) < 4.78 is 33.5. The van der Waals surface area contributed by atoms with E-state index >= 15 is 0 Å². The van der Waals surface area contributed by atoms with Crippen LogP contribution in [0, 0.1) is 21.4 Å². The van der Waals surface area contributed by atoms with Crippen molar-refractivity contribution in [3.05, 3.63) is 57.8 Å². The van der Waals surface area contributed by atoms with Gasteiger partial charge < -0.3 is 4.42 Å². The van der Waals surface area contributed by atoms with Crippen molar-refractivity contribution in [1.82, 2.24) is 9.21 Å². The number of sulfonamides is 1. The first-order chi connectivity index (χ1) is 17.8. The molecule has 1 aliphatic carbocycles. The topological polar surface area (TPSA) is 114 Å². The number of hydrogen-bond donors (Lipinski definition) is 0. The zero-order valence-electron chi connectivity index (χ0n) is 21.1. The van der Waals surface area contributed by atoms with Crippen molar-refractivity contribution in [1.29, 1.82) is 0 Å². The van der Waals surface area contributed by atoms with Crippen LogP contribution in [0.4, 0.5) is 5.88 Å². The van der Waals surface area contributed by atoms with E-state index in [1.807, 2.05) is 0 Å². The van der Waals surface area contributed by atoms with Crippen LogP contribution < -0.4 is 0 Å². The van der Waals surface area contributed by atoms with Gasteiger partial charge in [0.15, 0.2) is 5.78 Å². The molecule has 9 nitrogen and oxygen atoms in total. The lowest BCUT2D eigenvalue weighted by Crippen LogP contribution is -2.48. The molecule has 3 aliphatic rings. The summed E-state index contributed by atoms with van der Waals surface area (Å²) in [4.78, 5) is 25.6. The number of piperidine rings is 2. The highest BCUT2D eigenvalue weighted by Crippen LogP contribution is 2.42. The van der Waals surface area contributed by atoms with E-state index in [1.54, 1.807) is 34.6 Å². The van der Waals surface area contributed by atoms with Gasteiger partial charge in [-0.25, -0.2) is 8.42 Å². The maximum absolute atomic E-state index is 13.3. The van der Waals surface area contributed by atoms with Crippen molar-refractivity contribution in [2.75, 3.05) is 26.2 Å². The molecule has 2 aliphatic heterocycles. The summed E-state index contributed by atoms with van der Waals surface area (Å²) in [5.41, 5.74) is 0.743. The second-order valence-corrected chi connectivity index (χ2v) is 12.8. The number of benzene rings is 1. The van der Waals surface area contributed by atoms with Gasteiger partial charge >= 0.3 is 5.88 Å². The Balaban J connectivity index is 1.14. The Morgan fingerprint density at radius 1 is 0.946 bits per heavy atom. The van der Waals surface area contributed by atoms with Crippen LogP contribution in [0.3, 0.4) is 0 Å². The molecule has 10 heteroatoms. The maximum Gasteiger partial charge on any atom is 0.433 e. The molecule has 0 atom stereocenters. The molecule has 0 amide bonds. The normalized spacial score (nSPS) is 21.7. The quantitative estimate of drug-likeness (QED) is 0.281. The Hall–Kier alpha value is -2.56. The van der Waals surface area contributed by atoms with Crippen molar-refractivity contribution in [3.63, 3.8) is 0 Å². The Morgan fingerprint density at radius 2 is 1.57 bits per heavy atom. The van der Waals surface area contributed by atoms with Crippen LogP contribution in [0.15, 0.2) is 45.7 Å². The van der Waals surface area contributed by atoms with Gasteiger partial charge in [0.2, 0.25) is 10.0 Å². The number of Topliss-reactive ketones (excluding diaryl/α,β-unsaturated/α-hetero) is 1. The molecule has 1 aromatic carbocycles. The third-order valence-electron chi connectivity index (χ3n) is 8.66. The molecule has 0 N–H and O–H groups in total. The number of furan rings is 1. The third kappa shape index (κ3) is 5.66. The molecule has 0 radical (unpaired) electrons. The first-order valence-electron chi connectivity index (χ1n) is 13.4. The van der Waals surface area contributed by atoms with Gasteiger partial charge in [-0.15, -0.1) is 0 Å². The second kappa shape index (κ2) is 10.7. The number of nitro groups is 1. The number of rotatable bonds is 7. The summed E-state index contributed by atoms with van der Waals surface area (Å²) in [5, 5.41) is 10.8. The van der Waals surface area contributed by atoms with E-state index in [-0.39, 0.29) is 27.9 Å². The molecule has 0 unspecified atom stereocenters. The molecule has 1 spiro atoms. The van der Waals surface area contributed by atoms with Crippen LogP contribution in [0.2, 0.25) is 0 Å². The van der Waals surface area contributed by atoms with E-state index in [0.717, 1.165) is 64.5 Å². The van der Waals surface area contributed by atoms with Gasteiger partial charge in [-0.3, -0.25) is 19.8 Å². The lowest BCUT2D eigenvalue weighted by molar-refractivity contribution is -0.402. The molecule has 2 aromatic rings. The molecule has 37 heavy (non-hydrogen) atoms. The second-order valence-electron chi connectivity index (χ2n) is 10.9. The number of likely N-dealkylation sites (tertiary alicyclic amines) is 1. The summed E-state index contributed by atoms with van der Waals surface area (Å²) in [6.07, 6.45) is 8.82. The van der Waals surface area contributed by atoms with E-state index < -0.39 is 14.9 Å². The van der Waals surface area contributed by atoms with Crippen molar-refractivity contribution in [3.8, 4) is 0 Å². The van der Waals surface area contributed by atoms with Gasteiger partial charge in [0.25, 0.3) is 0 Å². The zero-order chi connectivity index (χ0) is 26.0. The van der Waals surface area contributed by atoms with E-state index in [0.29, 0.717) is 31.0 Å². The monoisotopic (exact) mass is 529 g/mol. The molecule has 0 bridgehead atoms. The van der Waals surface area contributed by atoms with Gasteiger partial charge in [-0.1, -0.05) is 31.4 Å². The summed E-state index contributed by atoms with van der Waals surface area (Å²) >= 11 is 0. The van der Waals surface area contributed by atoms with Crippen LogP contribution in [-0.2, 0) is 16.6 Å². The van der Waals surface area contributed by atoms with Crippen molar-refractivity contribution < 1.29 is 22.6 Å². The summed E-state index contributed by atoms with van der Waals surface area (Å²) in [6.45, 7) is 3.25. The summed E-state index contributed by atoms with van der Waals surface area (Å²) in [6, 6.07) is 9.58. The SMILES string of the molecule is O=C(c1ccc(S(=O)(=O)N2CCC3(CCN(Cc4ccc([N+](=O)[O-])o4)CC3)CC2)cc1)C1CCCCC1. The standard InChI is InChI=1S/C27H35N3O6S/c31-26(21-4-2-1-3-5-21)22-6-9-24(10-7-22)37(34,35)29-18-14-27(15-19-29)12-16-28(17-13-27)20-23-8-11-25(36-23)30(32)33/h6-11,21H,1-5,12-20H2. The Labute approximate surface area is 218 Å². The first kappa shape index (κ1) is 26.1. The Kier molecular flexibility index (Phi) is 7.51. The Bertz CT molecular complexity index is 1220. The molecule has 3 heterocycles. The predicted octanol–water partition coefficient (Wildman–Crippen LogP) is 5.02. The average Bonchev–Trinajstić information content (AvgIpc) is 3.40. The fourth-order valence-corrected chi connectivity index (χ4v) is 7.64. The largest absolute Gasteiger partial charge is 0.433 e. The minimum Gasteiger partial charge on any atom is -0.404 e. The highest BCUT2D eigenvalue weighted by Gasteiger charge is 2.40. The van der Waals surface area contributed by atoms with Crippen LogP contribution in [0.5, 0.6) is 0 Å². The van der Waals surface area contributed by atoms with Gasteiger partial charge in [-0.05, 0) is 75.2 Å². The number of hydrogen-bond acceptors (Lipinski definition) is 7. The third-order valence-corrected chi connectivity index (χ3v) is 10.6. The molecule has 3 fully saturated rings. The smallest absolute Gasteiger partial charge is 0.404 e. The molecule has 1 saturated carbocycles. The number of ketones is 1. The number of nitrogens with zero attached hydrogens (tertiary/aromatic N) is 3. The van der Waals surface area contributed by atoms with Gasteiger partial charge in [0.05, 0.1) is 17.5 Å². The highest BCUT2D eigenvalue weighted by atomic mass is 32.2. The van der Waals surface area contributed by atoms with Gasteiger partial charge in [0, 0.05) is 24.6 Å². The lowest BCUT2D eigenvalue weighted by atomic mass is 9.71. The maximum atomic E-state index is 13.3. The van der Waals surface area contributed by atoms with E-state index in [4.69, 9.17) is 4.42 Å². The fourth-order valence-electron chi connectivity index (χ4n) is 6.20. The summed E-state index contributed by atoms with van der Waals surface area (Å²) in [5.74, 6) is 0.566. The Morgan fingerprint density at radius 3 is 2.16 bits per heavy atom. The van der Waals surface area contributed by atoms with Crippen LogP contribution in [0.25, 0.3) is 0 Å². The molecule has 200 valence electrons. The molecular formula is C27H35N3O6S. The fraction of sp³-hybridized carbons (Fsp3) is 0.593. The number of carbonyl (C=O) groups is 1. The predicted molar refractivity (Wildman–Crippen MR) is 138 cm³/mol. The highest BCUT2D eigenvalue weighted by molar-refractivity contribution is 7.89. The lowest BCUT2D eigenvalue weighted by Gasteiger charge is -2.46. The van der Waals surface area contributed by atoms with Crippen LogP contribution >= 0.6 is 0 Å².